The molecule has 0 aromatic heterocycles. The van der Waals surface area contributed by atoms with E-state index < -0.39 is 0 Å². The summed E-state index contributed by atoms with van der Waals surface area (Å²) in [4.78, 5) is 12.3. The third-order valence-electron chi connectivity index (χ3n) is 3.74. The lowest BCUT2D eigenvalue weighted by molar-refractivity contribution is 0.0972. The summed E-state index contributed by atoms with van der Waals surface area (Å²) in [5, 5.41) is 3.42. The van der Waals surface area contributed by atoms with Crippen LogP contribution in [0.25, 0.3) is 11.1 Å². The number of rotatable bonds is 4. The molecule has 1 aliphatic heterocycles. The van der Waals surface area contributed by atoms with Crippen LogP contribution in [0.5, 0.6) is 0 Å². The van der Waals surface area contributed by atoms with E-state index in [-0.39, 0.29) is 5.78 Å². The molecule has 0 bridgehead atoms. The van der Waals surface area contributed by atoms with Crippen LogP contribution in [-0.2, 0) is 0 Å². The van der Waals surface area contributed by atoms with Crippen LogP contribution in [0.1, 0.15) is 16.8 Å². The van der Waals surface area contributed by atoms with Crippen LogP contribution in [-0.4, -0.2) is 29.9 Å². The van der Waals surface area contributed by atoms with Crippen molar-refractivity contribution in [3.05, 3.63) is 60.2 Å². The second kappa shape index (κ2) is 6.92. The number of hydrogen-bond acceptors (Lipinski definition) is 3. The zero-order valence-electron chi connectivity index (χ0n) is 11.9. The Kier molecular flexibility index (Phi) is 4.73. The number of benzene rings is 2. The first-order chi connectivity index (χ1) is 10.3. The predicted molar refractivity (Wildman–Crippen MR) is 89.9 cm³/mol. The quantitative estimate of drug-likeness (QED) is 0.874. The highest BCUT2D eigenvalue weighted by Gasteiger charge is 2.17. The van der Waals surface area contributed by atoms with Crippen LogP contribution in [0, 0.1) is 0 Å². The number of hydrogen-bond donors (Lipinski definition) is 1. The molecular formula is C18H19NOS. The molecule has 3 rings (SSSR count). The maximum absolute atomic E-state index is 12.3. The fraction of sp³-hybridized carbons (Fsp3) is 0.278. The monoisotopic (exact) mass is 297 g/mol. The maximum Gasteiger partial charge on any atom is 0.164 e. The lowest BCUT2D eigenvalue weighted by Crippen LogP contribution is -2.38. The van der Waals surface area contributed by atoms with Crippen LogP contribution in [0.4, 0.5) is 0 Å². The summed E-state index contributed by atoms with van der Waals surface area (Å²) in [5.74, 6) is 2.42. The molecule has 0 spiro atoms. The molecule has 2 aromatic rings. The van der Waals surface area contributed by atoms with Gasteiger partial charge in [-0.15, -0.1) is 0 Å². The largest absolute Gasteiger partial charge is 0.312 e. The highest BCUT2D eigenvalue weighted by molar-refractivity contribution is 7.99. The van der Waals surface area contributed by atoms with Gasteiger partial charge in [0.1, 0.15) is 0 Å². The Hall–Kier alpha value is -1.58. The molecule has 2 nitrogen and oxygen atoms in total. The Morgan fingerprint density at radius 1 is 1.05 bits per heavy atom. The van der Waals surface area contributed by atoms with Crippen molar-refractivity contribution in [2.75, 3.05) is 18.1 Å². The van der Waals surface area contributed by atoms with Crippen molar-refractivity contribution in [2.24, 2.45) is 0 Å². The normalized spacial score (nSPS) is 18.4. The van der Waals surface area contributed by atoms with Crippen molar-refractivity contribution >= 4 is 17.5 Å². The van der Waals surface area contributed by atoms with Gasteiger partial charge in [0.2, 0.25) is 0 Å². The van der Waals surface area contributed by atoms with Gasteiger partial charge in [-0.05, 0) is 11.1 Å². The number of carbonyl (C=O) groups excluding carboxylic acids is 1. The molecule has 1 aliphatic rings. The molecule has 2 aromatic carbocycles. The summed E-state index contributed by atoms with van der Waals surface area (Å²) < 4.78 is 0. The molecule has 0 aliphatic carbocycles. The zero-order chi connectivity index (χ0) is 14.5. The smallest absolute Gasteiger partial charge is 0.164 e. The minimum absolute atomic E-state index is 0.231. The van der Waals surface area contributed by atoms with Crippen LogP contribution in [0.2, 0.25) is 0 Å². The van der Waals surface area contributed by atoms with Crippen molar-refractivity contribution in [1.82, 2.24) is 5.32 Å². The number of nitrogens with one attached hydrogen (secondary N) is 1. The molecule has 1 saturated heterocycles. The average molecular weight is 297 g/mol. The van der Waals surface area contributed by atoms with Gasteiger partial charge in [-0.1, -0.05) is 54.6 Å². The summed E-state index contributed by atoms with van der Waals surface area (Å²) >= 11 is 1.93. The molecule has 1 unspecified atom stereocenters. The first-order valence-corrected chi connectivity index (χ1v) is 8.48. The van der Waals surface area contributed by atoms with E-state index in [4.69, 9.17) is 0 Å². The Labute approximate surface area is 130 Å². The molecule has 0 amide bonds. The standard InChI is InChI=1S/C18H19NOS/c20-18(12-17-13-21-11-10-19-17)16-8-6-15(7-9-16)14-4-2-1-3-5-14/h1-9,17,19H,10-13H2. The van der Waals surface area contributed by atoms with E-state index in [9.17, 15) is 4.79 Å². The van der Waals surface area contributed by atoms with Gasteiger partial charge in [-0.2, -0.15) is 11.8 Å². The third kappa shape index (κ3) is 3.74. The van der Waals surface area contributed by atoms with Gasteiger partial charge >= 0.3 is 0 Å². The molecule has 0 radical (unpaired) electrons. The average Bonchev–Trinajstić information content (AvgIpc) is 2.57. The van der Waals surface area contributed by atoms with E-state index in [1.54, 1.807) is 0 Å². The molecule has 1 N–H and O–H groups in total. The van der Waals surface area contributed by atoms with Gasteiger partial charge < -0.3 is 5.32 Å². The van der Waals surface area contributed by atoms with Crippen molar-refractivity contribution in [3.8, 4) is 11.1 Å². The Morgan fingerprint density at radius 3 is 2.43 bits per heavy atom. The molecule has 0 saturated carbocycles. The van der Waals surface area contributed by atoms with Crippen molar-refractivity contribution in [2.45, 2.75) is 12.5 Å². The number of ketones is 1. The minimum Gasteiger partial charge on any atom is -0.312 e. The molecule has 1 heterocycles. The summed E-state index contributed by atoms with van der Waals surface area (Å²) in [6.07, 6.45) is 0.595. The lowest BCUT2D eigenvalue weighted by Gasteiger charge is -2.22. The van der Waals surface area contributed by atoms with Crippen LogP contribution >= 0.6 is 11.8 Å². The van der Waals surface area contributed by atoms with E-state index in [2.05, 4.69) is 17.4 Å². The fourth-order valence-electron chi connectivity index (χ4n) is 2.57. The van der Waals surface area contributed by atoms with Gasteiger partial charge in [0.25, 0.3) is 0 Å². The topological polar surface area (TPSA) is 29.1 Å². The summed E-state index contributed by atoms with van der Waals surface area (Å²) in [6, 6.07) is 18.5. The first-order valence-electron chi connectivity index (χ1n) is 7.33. The van der Waals surface area contributed by atoms with Crippen LogP contribution < -0.4 is 5.32 Å². The van der Waals surface area contributed by atoms with Gasteiger partial charge in [0.05, 0.1) is 0 Å². The first kappa shape index (κ1) is 14.4. The van der Waals surface area contributed by atoms with Gasteiger partial charge in [-0.25, -0.2) is 0 Å². The Balaban J connectivity index is 1.67. The molecule has 21 heavy (non-hydrogen) atoms. The van der Waals surface area contributed by atoms with E-state index >= 15 is 0 Å². The Morgan fingerprint density at radius 2 is 1.76 bits per heavy atom. The molecular weight excluding hydrogens is 278 g/mol. The van der Waals surface area contributed by atoms with E-state index in [1.165, 1.54) is 5.56 Å². The molecule has 108 valence electrons. The zero-order valence-corrected chi connectivity index (χ0v) is 12.7. The summed E-state index contributed by atoms with van der Waals surface area (Å²) in [6.45, 7) is 1.01. The minimum atomic E-state index is 0.231. The second-order valence-corrected chi connectivity index (χ2v) is 6.45. The molecule has 1 fully saturated rings. The number of carbonyl (C=O) groups is 1. The van der Waals surface area contributed by atoms with Crippen molar-refractivity contribution < 1.29 is 4.79 Å². The van der Waals surface area contributed by atoms with Crippen LogP contribution in [0.3, 0.4) is 0 Å². The van der Waals surface area contributed by atoms with Crippen molar-refractivity contribution in [3.63, 3.8) is 0 Å². The highest BCUT2D eigenvalue weighted by atomic mass is 32.2. The van der Waals surface area contributed by atoms with Crippen LogP contribution in [0.15, 0.2) is 54.6 Å². The molecule has 3 heteroatoms. The maximum atomic E-state index is 12.3. The predicted octanol–water partition coefficient (Wildman–Crippen LogP) is 3.63. The Bertz CT molecular complexity index is 588. The second-order valence-electron chi connectivity index (χ2n) is 5.30. The van der Waals surface area contributed by atoms with E-state index in [0.717, 1.165) is 29.2 Å². The molecule has 1 atom stereocenters. The van der Waals surface area contributed by atoms with Gasteiger partial charge in [0.15, 0.2) is 5.78 Å². The summed E-state index contributed by atoms with van der Waals surface area (Å²) in [7, 11) is 0. The van der Waals surface area contributed by atoms with Crippen molar-refractivity contribution in [1.29, 1.82) is 0 Å². The highest BCUT2D eigenvalue weighted by Crippen LogP contribution is 2.20. The summed E-state index contributed by atoms with van der Waals surface area (Å²) in [5.41, 5.74) is 3.15. The van der Waals surface area contributed by atoms with E-state index in [0.29, 0.717) is 12.5 Å². The van der Waals surface area contributed by atoms with E-state index in [1.807, 2.05) is 54.2 Å². The van der Waals surface area contributed by atoms with Gasteiger partial charge in [-0.3, -0.25) is 4.79 Å². The fourth-order valence-corrected chi connectivity index (χ4v) is 3.52. The number of thioether (sulfide) groups is 1. The third-order valence-corrected chi connectivity index (χ3v) is 4.88. The van der Waals surface area contributed by atoms with Gasteiger partial charge in [0, 0.05) is 36.1 Å². The number of Topliss-reactive ketones (excluding diaryl/α,β-unsaturated/α-hetero) is 1. The lowest BCUT2D eigenvalue weighted by atomic mass is 10.00. The SMILES string of the molecule is O=C(CC1CSCCN1)c1ccc(-c2ccccc2)cc1.